The van der Waals surface area contributed by atoms with E-state index in [0.29, 0.717) is 29.4 Å². The highest BCUT2D eigenvalue weighted by atomic mass is 35.5. The molecule has 0 atom stereocenters. The highest BCUT2D eigenvalue weighted by molar-refractivity contribution is 6.32. The van der Waals surface area contributed by atoms with E-state index in [9.17, 15) is 18.0 Å². The fraction of sp³-hybridized carbons (Fsp3) is 0.444. The Bertz CT molecular complexity index is 873. The molecule has 1 aliphatic rings. The van der Waals surface area contributed by atoms with E-state index in [1.54, 1.807) is 31.3 Å². The van der Waals surface area contributed by atoms with E-state index in [-0.39, 0.29) is 29.6 Å². The maximum atomic E-state index is 13.0. The first-order valence-electron chi connectivity index (χ1n) is 8.55. The van der Waals surface area contributed by atoms with Crippen molar-refractivity contribution in [3.63, 3.8) is 0 Å². The summed E-state index contributed by atoms with van der Waals surface area (Å²) in [7, 11) is 1.59. The molecular weight excluding hydrogens is 402 g/mol. The molecule has 0 radical (unpaired) electrons. The van der Waals surface area contributed by atoms with Crippen LogP contribution >= 0.6 is 23.2 Å². The minimum absolute atomic E-state index is 0.0160. The molecule has 1 aromatic carbocycles. The fourth-order valence-electron chi connectivity index (χ4n) is 3.48. The number of halogens is 5. The Labute approximate surface area is 164 Å². The van der Waals surface area contributed by atoms with E-state index in [4.69, 9.17) is 23.2 Å². The number of hydrogen-bond donors (Lipinski definition) is 1. The number of rotatable bonds is 3. The second-order valence-corrected chi connectivity index (χ2v) is 7.40. The Morgan fingerprint density at radius 2 is 1.70 bits per heavy atom. The highest BCUT2D eigenvalue weighted by Crippen LogP contribution is 2.43. The first kappa shape index (κ1) is 20.0. The van der Waals surface area contributed by atoms with Crippen LogP contribution in [0.2, 0.25) is 10.0 Å². The predicted molar refractivity (Wildman–Crippen MR) is 100 cm³/mol. The quantitative estimate of drug-likeness (QED) is 0.722. The van der Waals surface area contributed by atoms with Crippen molar-refractivity contribution >= 4 is 29.0 Å². The van der Waals surface area contributed by atoms with E-state index in [0.717, 1.165) is 0 Å². The molecule has 27 heavy (non-hydrogen) atoms. The summed E-state index contributed by atoms with van der Waals surface area (Å²) < 4.78 is 40.3. The lowest BCUT2D eigenvalue weighted by Crippen LogP contribution is -2.31. The van der Waals surface area contributed by atoms with Crippen molar-refractivity contribution in [3.05, 3.63) is 50.5 Å². The van der Waals surface area contributed by atoms with Gasteiger partial charge in [0, 0.05) is 18.0 Å². The number of alkyl halides is 3. The van der Waals surface area contributed by atoms with Crippen LogP contribution in [0.25, 0.3) is 5.69 Å². The number of anilines is 1. The molecule has 0 unspecified atom stereocenters. The molecule has 1 aromatic heterocycles. The first-order chi connectivity index (χ1) is 12.7. The molecule has 0 bridgehead atoms. The Balaban J connectivity index is 2.05. The molecule has 1 saturated carbocycles. The maximum absolute atomic E-state index is 13.0. The van der Waals surface area contributed by atoms with Crippen molar-refractivity contribution in [2.45, 2.75) is 37.8 Å². The number of benzene rings is 1. The minimum Gasteiger partial charge on any atom is -0.372 e. The summed E-state index contributed by atoms with van der Waals surface area (Å²) >= 11 is 12.1. The molecule has 9 heteroatoms. The van der Waals surface area contributed by atoms with E-state index < -0.39 is 17.7 Å². The molecule has 0 spiro atoms. The lowest BCUT2D eigenvalue weighted by molar-refractivity contribution is -0.182. The van der Waals surface area contributed by atoms with E-state index in [1.165, 1.54) is 4.57 Å². The van der Waals surface area contributed by atoms with Crippen LogP contribution in [-0.2, 0) is 0 Å². The summed E-state index contributed by atoms with van der Waals surface area (Å²) in [5.74, 6) is -0.937. The summed E-state index contributed by atoms with van der Waals surface area (Å²) in [6, 6.07) is 6.58. The summed E-state index contributed by atoms with van der Waals surface area (Å²) in [4.78, 5) is 17.3. The van der Waals surface area contributed by atoms with Crippen LogP contribution in [0.15, 0.2) is 29.1 Å². The van der Waals surface area contributed by atoms with Gasteiger partial charge in [-0.3, -0.25) is 9.36 Å². The van der Waals surface area contributed by atoms with Crippen LogP contribution in [0.4, 0.5) is 19.0 Å². The second-order valence-electron chi connectivity index (χ2n) is 6.59. The Hall–Kier alpha value is -1.73. The van der Waals surface area contributed by atoms with Gasteiger partial charge in [0.05, 0.1) is 11.6 Å². The van der Waals surface area contributed by atoms with Crippen molar-refractivity contribution in [1.82, 2.24) is 9.55 Å². The van der Waals surface area contributed by atoms with E-state index in [1.807, 2.05) is 0 Å². The van der Waals surface area contributed by atoms with Crippen molar-refractivity contribution in [3.8, 4) is 5.69 Å². The van der Waals surface area contributed by atoms with Gasteiger partial charge in [0.1, 0.15) is 10.8 Å². The fourth-order valence-corrected chi connectivity index (χ4v) is 3.82. The van der Waals surface area contributed by atoms with Crippen LogP contribution in [0.3, 0.4) is 0 Å². The standard InChI is InChI=1S/C18H18Cl2F3N3O/c1-24-15-14(20)17(27)26(13-8-6-12(19)7-9-13)16(25-15)10-2-4-11(5-3-10)18(21,22)23/h6-11,24H,2-5H2,1H3. The minimum atomic E-state index is -4.19. The SMILES string of the molecule is CNc1nc(C2CCC(C(F)(F)F)CC2)n(-c2ccc(Cl)cc2)c(=O)c1Cl. The Kier molecular flexibility index (Phi) is 5.72. The first-order valence-corrected chi connectivity index (χ1v) is 9.30. The van der Waals surface area contributed by atoms with Crippen LogP contribution in [0.1, 0.15) is 37.4 Å². The number of hydrogen-bond acceptors (Lipinski definition) is 3. The number of nitrogens with zero attached hydrogens (tertiary/aromatic N) is 2. The summed E-state index contributed by atoms with van der Waals surface area (Å²) in [5, 5.41) is 3.21. The lowest BCUT2D eigenvalue weighted by atomic mass is 9.81. The van der Waals surface area contributed by atoms with E-state index in [2.05, 4.69) is 10.3 Å². The second kappa shape index (κ2) is 7.72. The van der Waals surface area contributed by atoms with Gasteiger partial charge in [0.25, 0.3) is 5.56 Å². The topological polar surface area (TPSA) is 46.9 Å². The van der Waals surface area contributed by atoms with Crippen LogP contribution in [-0.4, -0.2) is 22.8 Å². The van der Waals surface area contributed by atoms with Crippen LogP contribution in [0.5, 0.6) is 0 Å². The molecule has 1 heterocycles. The van der Waals surface area contributed by atoms with Gasteiger partial charge in [-0.25, -0.2) is 4.98 Å². The average molecular weight is 420 g/mol. The van der Waals surface area contributed by atoms with Crippen molar-refractivity contribution in [2.24, 2.45) is 5.92 Å². The zero-order chi connectivity index (χ0) is 19.8. The third kappa shape index (κ3) is 4.09. The molecule has 0 amide bonds. The molecule has 0 saturated heterocycles. The zero-order valence-electron chi connectivity index (χ0n) is 14.5. The number of nitrogens with one attached hydrogen (secondary N) is 1. The van der Waals surface area contributed by atoms with Gasteiger partial charge in [-0.05, 0) is 49.9 Å². The van der Waals surface area contributed by atoms with Gasteiger partial charge in [-0.2, -0.15) is 13.2 Å². The van der Waals surface area contributed by atoms with Gasteiger partial charge in [0.15, 0.2) is 5.82 Å². The van der Waals surface area contributed by atoms with Crippen LogP contribution in [0, 0.1) is 5.92 Å². The molecule has 0 aliphatic heterocycles. The van der Waals surface area contributed by atoms with Crippen molar-refractivity contribution in [2.75, 3.05) is 12.4 Å². The summed E-state index contributed by atoms with van der Waals surface area (Å²) in [5.41, 5.74) is 0.0562. The van der Waals surface area contributed by atoms with Crippen LogP contribution < -0.4 is 10.9 Å². The third-order valence-electron chi connectivity index (χ3n) is 4.93. The monoisotopic (exact) mass is 419 g/mol. The highest BCUT2D eigenvalue weighted by Gasteiger charge is 2.42. The third-order valence-corrected chi connectivity index (χ3v) is 5.52. The molecular formula is C18H18Cl2F3N3O. The summed E-state index contributed by atoms with van der Waals surface area (Å²) in [6.07, 6.45) is -3.56. The molecule has 2 aromatic rings. The van der Waals surface area contributed by atoms with Crippen molar-refractivity contribution < 1.29 is 13.2 Å². The van der Waals surface area contributed by atoms with Gasteiger partial charge in [-0.15, -0.1) is 0 Å². The Morgan fingerprint density at radius 3 is 2.22 bits per heavy atom. The lowest BCUT2D eigenvalue weighted by Gasteiger charge is -2.30. The largest absolute Gasteiger partial charge is 0.391 e. The molecule has 1 fully saturated rings. The average Bonchev–Trinajstić information content (AvgIpc) is 2.64. The van der Waals surface area contributed by atoms with E-state index >= 15 is 0 Å². The van der Waals surface area contributed by atoms with Gasteiger partial charge >= 0.3 is 6.18 Å². The predicted octanol–water partition coefficient (Wildman–Crippen LogP) is 5.42. The van der Waals surface area contributed by atoms with Crippen molar-refractivity contribution in [1.29, 1.82) is 0 Å². The summed E-state index contributed by atoms with van der Waals surface area (Å²) in [6.45, 7) is 0. The smallest absolute Gasteiger partial charge is 0.372 e. The van der Waals surface area contributed by atoms with Gasteiger partial charge in [0.2, 0.25) is 0 Å². The molecule has 1 N–H and O–H groups in total. The van der Waals surface area contributed by atoms with Gasteiger partial charge < -0.3 is 5.32 Å². The van der Waals surface area contributed by atoms with Gasteiger partial charge in [-0.1, -0.05) is 23.2 Å². The molecule has 4 nitrogen and oxygen atoms in total. The molecule has 3 rings (SSSR count). The number of aromatic nitrogens is 2. The molecule has 146 valence electrons. The Morgan fingerprint density at radius 1 is 1.11 bits per heavy atom. The maximum Gasteiger partial charge on any atom is 0.391 e. The normalized spacial score (nSPS) is 20.5. The zero-order valence-corrected chi connectivity index (χ0v) is 16.0. The molecule has 1 aliphatic carbocycles.